The Balaban J connectivity index is 2.23. The Labute approximate surface area is 121 Å². The zero-order valence-electron chi connectivity index (χ0n) is 10.9. The molecule has 2 nitrogen and oxygen atoms in total. The first-order valence-corrected chi connectivity index (χ1v) is 6.93. The zero-order valence-corrected chi connectivity index (χ0v) is 12.5. The van der Waals surface area contributed by atoms with Gasteiger partial charge >= 0.3 is 0 Å². The molecule has 0 fully saturated rings. The number of ether oxygens (including phenoxy) is 1. The SMILES string of the molecule is CC(C)Oc1ccc(C(=O)c2ccccc2Br)cc1. The van der Waals surface area contributed by atoms with Gasteiger partial charge in [0, 0.05) is 15.6 Å². The predicted octanol–water partition coefficient (Wildman–Crippen LogP) is 4.47. The van der Waals surface area contributed by atoms with Gasteiger partial charge in [0.1, 0.15) is 5.75 Å². The molecule has 0 aromatic heterocycles. The fourth-order valence-corrected chi connectivity index (χ4v) is 2.22. The van der Waals surface area contributed by atoms with E-state index in [1.54, 1.807) is 12.1 Å². The summed E-state index contributed by atoms with van der Waals surface area (Å²) in [4.78, 5) is 12.3. The molecule has 0 atom stereocenters. The fraction of sp³-hybridized carbons (Fsp3) is 0.188. The zero-order chi connectivity index (χ0) is 13.8. The molecule has 0 unspecified atom stereocenters. The number of ketones is 1. The molecule has 19 heavy (non-hydrogen) atoms. The summed E-state index contributed by atoms with van der Waals surface area (Å²) in [7, 11) is 0. The van der Waals surface area contributed by atoms with Crippen LogP contribution in [0.3, 0.4) is 0 Å². The molecule has 0 aliphatic heterocycles. The number of rotatable bonds is 4. The minimum atomic E-state index is 0.00331. The Morgan fingerprint density at radius 1 is 1.05 bits per heavy atom. The van der Waals surface area contributed by atoms with E-state index in [2.05, 4.69) is 15.9 Å². The van der Waals surface area contributed by atoms with Gasteiger partial charge in [-0.3, -0.25) is 4.79 Å². The standard InChI is InChI=1S/C16H15BrO2/c1-11(2)19-13-9-7-12(8-10-13)16(18)14-5-3-4-6-15(14)17/h3-11H,1-2H3. The summed E-state index contributed by atoms with van der Waals surface area (Å²) in [5, 5.41) is 0. The van der Waals surface area contributed by atoms with Gasteiger partial charge in [0.15, 0.2) is 5.78 Å². The molecule has 0 heterocycles. The molecule has 2 aromatic carbocycles. The number of carbonyl (C=O) groups excluding carboxylic acids is 1. The molecule has 0 aliphatic rings. The first-order valence-electron chi connectivity index (χ1n) is 6.14. The van der Waals surface area contributed by atoms with Crippen LogP contribution in [0.15, 0.2) is 53.0 Å². The summed E-state index contributed by atoms with van der Waals surface area (Å²) < 4.78 is 6.37. The summed E-state index contributed by atoms with van der Waals surface area (Å²) in [5.74, 6) is 0.780. The topological polar surface area (TPSA) is 26.3 Å². The van der Waals surface area contributed by atoms with E-state index < -0.39 is 0 Å². The predicted molar refractivity (Wildman–Crippen MR) is 79.8 cm³/mol. The smallest absolute Gasteiger partial charge is 0.194 e. The van der Waals surface area contributed by atoms with Crippen molar-refractivity contribution in [3.8, 4) is 5.75 Å². The van der Waals surface area contributed by atoms with E-state index in [0.717, 1.165) is 10.2 Å². The van der Waals surface area contributed by atoms with Crippen LogP contribution in [0.25, 0.3) is 0 Å². The second-order valence-electron chi connectivity index (χ2n) is 4.50. The molecule has 3 heteroatoms. The van der Waals surface area contributed by atoms with E-state index in [4.69, 9.17) is 4.74 Å². The van der Waals surface area contributed by atoms with E-state index in [1.165, 1.54) is 0 Å². The fourth-order valence-electron chi connectivity index (χ4n) is 1.76. The van der Waals surface area contributed by atoms with E-state index in [-0.39, 0.29) is 11.9 Å². The van der Waals surface area contributed by atoms with Gasteiger partial charge in [0.05, 0.1) is 6.10 Å². The van der Waals surface area contributed by atoms with Crippen molar-refractivity contribution in [3.05, 3.63) is 64.1 Å². The highest BCUT2D eigenvalue weighted by molar-refractivity contribution is 9.10. The summed E-state index contributed by atoms with van der Waals surface area (Å²) in [5.41, 5.74) is 1.32. The molecule has 0 spiro atoms. The summed E-state index contributed by atoms with van der Waals surface area (Å²) in [6, 6.07) is 14.6. The van der Waals surface area contributed by atoms with Crippen molar-refractivity contribution >= 4 is 21.7 Å². The minimum Gasteiger partial charge on any atom is -0.491 e. The average Bonchev–Trinajstić information content (AvgIpc) is 2.39. The van der Waals surface area contributed by atoms with Gasteiger partial charge < -0.3 is 4.74 Å². The number of carbonyl (C=O) groups is 1. The molecule has 0 aliphatic carbocycles. The lowest BCUT2D eigenvalue weighted by molar-refractivity contribution is 0.103. The molecule has 98 valence electrons. The van der Waals surface area contributed by atoms with Crippen LogP contribution >= 0.6 is 15.9 Å². The highest BCUT2D eigenvalue weighted by Gasteiger charge is 2.12. The van der Waals surface area contributed by atoms with Gasteiger partial charge in [0.25, 0.3) is 0 Å². The largest absolute Gasteiger partial charge is 0.491 e. The Hall–Kier alpha value is -1.61. The molecular formula is C16H15BrO2. The maximum absolute atomic E-state index is 12.3. The molecule has 0 saturated heterocycles. The lowest BCUT2D eigenvalue weighted by Gasteiger charge is -2.10. The van der Waals surface area contributed by atoms with Crippen LogP contribution in [0.1, 0.15) is 29.8 Å². The van der Waals surface area contributed by atoms with Crippen molar-refractivity contribution < 1.29 is 9.53 Å². The molecule has 0 saturated carbocycles. The summed E-state index contributed by atoms with van der Waals surface area (Å²) >= 11 is 3.40. The van der Waals surface area contributed by atoms with Crippen LogP contribution in [0.4, 0.5) is 0 Å². The molecule has 2 aromatic rings. The lowest BCUT2D eigenvalue weighted by Crippen LogP contribution is -2.06. The van der Waals surface area contributed by atoms with E-state index in [1.807, 2.05) is 50.2 Å². The van der Waals surface area contributed by atoms with Crippen molar-refractivity contribution in [1.29, 1.82) is 0 Å². The van der Waals surface area contributed by atoms with Gasteiger partial charge in [-0.05, 0) is 50.2 Å². The van der Waals surface area contributed by atoms with Crippen LogP contribution in [0.5, 0.6) is 5.75 Å². The molecular weight excluding hydrogens is 304 g/mol. The van der Waals surface area contributed by atoms with Crippen molar-refractivity contribution in [2.24, 2.45) is 0 Å². The second kappa shape index (κ2) is 6.02. The van der Waals surface area contributed by atoms with Crippen LogP contribution < -0.4 is 4.74 Å². The maximum Gasteiger partial charge on any atom is 0.194 e. The summed E-state index contributed by atoms with van der Waals surface area (Å²) in [6.45, 7) is 3.94. The Morgan fingerprint density at radius 2 is 1.68 bits per heavy atom. The third kappa shape index (κ3) is 3.44. The molecule has 2 rings (SSSR count). The highest BCUT2D eigenvalue weighted by atomic mass is 79.9. The van der Waals surface area contributed by atoms with Crippen LogP contribution in [-0.4, -0.2) is 11.9 Å². The Bertz CT molecular complexity index is 574. The molecule has 0 bridgehead atoms. The second-order valence-corrected chi connectivity index (χ2v) is 5.35. The monoisotopic (exact) mass is 318 g/mol. The van der Waals surface area contributed by atoms with Crippen molar-refractivity contribution in [1.82, 2.24) is 0 Å². The normalized spacial score (nSPS) is 10.5. The van der Waals surface area contributed by atoms with Crippen molar-refractivity contribution in [3.63, 3.8) is 0 Å². The van der Waals surface area contributed by atoms with E-state index >= 15 is 0 Å². The lowest BCUT2D eigenvalue weighted by atomic mass is 10.0. The maximum atomic E-state index is 12.3. The van der Waals surface area contributed by atoms with Gasteiger partial charge in [-0.25, -0.2) is 0 Å². The van der Waals surface area contributed by atoms with Gasteiger partial charge in [-0.15, -0.1) is 0 Å². The van der Waals surface area contributed by atoms with Crippen LogP contribution in [0, 0.1) is 0 Å². The Morgan fingerprint density at radius 3 is 2.26 bits per heavy atom. The third-order valence-corrected chi connectivity index (χ3v) is 3.30. The Kier molecular flexibility index (Phi) is 4.38. The number of hydrogen-bond acceptors (Lipinski definition) is 2. The first kappa shape index (κ1) is 13.8. The minimum absolute atomic E-state index is 0.00331. The first-order chi connectivity index (χ1) is 9.08. The number of benzene rings is 2. The van der Waals surface area contributed by atoms with Crippen LogP contribution in [0.2, 0.25) is 0 Å². The molecule has 0 N–H and O–H groups in total. The number of halogens is 1. The highest BCUT2D eigenvalue weighted by Crippen LogP contribution is 2.21. The number of hydrogen-bond donors (Lipinski definition) is 0. The van der Waals surface area contributed by atoms with E-state index in [0.29, 0.717) is 11.1 Å². The van der Waals surface area contributed by atoms with Crippen molar-refractivity contribution in [2.45, 2.75) is 20.0 Å². The molecule has 0 radical (unpaired) electrons. The third-order valence-electron chi connectivity index (χ3n) is 2.61. The van der Waals surface area contributed by atoms with Gasteiger partial charge in [-0.1, -0.05) is 28.1 Å². The van der Waals surface area contributed by atoms with Gasteiger partial charge in [0.2, 0.25) is 0 Å². The van der Waals surface area contributed by atoms with Crippen LogP contribution in [-0.2, 0) is 0 Å². The molecule has 0 amide bonds. The van der Waals surface area contributed by atoms with E-state index in [9.17, 15) is 4.79 Å². The quantitative estimate of drug-likeness (QED) is 0.777. The van der Waals surface area contributed by atoms with Gasteiger partial charge in [-0.2, -0.15) is 0 Å². The van der Waals surface area contributed by atoms with Crippen molar-refractivity contribution in [2.75, 3.05) is 0 Å². The average molecular weight is 319 g/mol. The summed E-state index contributed by atoms with van der Waals surface area (Å²) in [6.07, 6.45) is 0.129.